The van der Waals surface area contributed by atoms with Crippen molar-refractivity contribution in [1.29, 1.82) is 0 Å². The van der Waals surface area contributed by atoms with Gasteiger partial charge in [-0.2, -0.15) is 0 Å². The molecular formula is C25H33FN2O5. The second-order valence-electron chi connectivity index (χ2n) is 9.27. The zero-order valence-corrected chi connectivity index (χ0v) is 19.0. The topological polar surface area (TPSA) is 85.6 Å². The number of β-amino-alcohol motifs (C(OH)–C–C–N with tert-alkyl or cyclic N) is 2. The summed E-state index contributed by atoms with van der Waals surface area (Å²) in [5.41, 5.74) is -1.26. The number of likely N-dealkylation sites (tertiary alicyclic amines) is 1. The van der Waals surface area contributed by atoms with Crippen LogP contribution in [0.5, 0.6) is 11.5 Å². The molecule has 2 saturated heterocycles. The Morgan fingerprint density at radius 3 is 2.45 bits per heavy atom. The molecule has 0 unspecified atom stereocenters. The molecule has 180 valence electrons. The minimum atomic E-state index is -1.47. The zero-order valence-electron chi connectivity index (χ0n) is 19.0. The molecule has 2 aromatic rings. The maximum absolute atomic E-state index is 13.1. The summed E-state index contributed by atoms with van der Waals surface area (Å²) >= 11 is 0. The molecule has 0 spiro atoms. The van der Waals surface area contributed by atoms with E-state index in [0.29, 0.717) is 38.1 Å². The molecule has 0 bridgehead atoms. The maximum atomic E-state index is 13.1. The number of piperidine rings is 2. The minimum absolute atomic E-state index is 0.113. The summed E-state index contributed by atoms with van der Waals surface area (Å²) in [4.78, 5) is 4.24. The van der Waals surface area contributed by atoms with Crippen LogP contribution in [0.15, 0.2) is 48.5 Å². The van der Waals surface area contributed by atoms with Crippen molar-refractivity contribution in [2.45, 2.75) is 36.6 Å². The molecule has 2 aliphatic heterocycles. The normalized spacial score (nSPS) is 25.6. The molecule has 0 radical (unpaired) electrons. The number of hydrogen-bond donors (Lipinski definition) is 3. The molecule has 2 heterocycles. The van der Waals surface area contributed by atoms with Crippen molar-refractivity contribution < 1.29 is 29.2 Å². The number of aliphatic hydroxyl groups is 3. The van der Waals surface area contributed by atoms with Crippen molar-refractivity contribution in [3.8, 4) is 11.5 Å². The Balaban J connectivity index is 1.33. The van der Waals surface area contributed by atoms with Crippen LogP contribution in [-0.4, -0.2) is 84.0 Å². The van der Waals surface area contributed by atoms with Crippen LogP contribution in [0.1, 0.15) is 19.3 Å². The molecule has 0 aliphatic carbocycles. The zero-order chi connectivity index (χ0) is 23.5. The molecule has 4 rings (SSSR count). The first kappa shape index (κ1) is 23.8. The van der Waals surface area contributed by atoms with Gasteiger partial charge in [0, 0.05) is 44.5 Å². The number of ether oxygens (including phenoxy) is 2. The first-order valence-corrected chi connectivity index (χ1v) is 11.4. The fraction of sp³-hybridized carbons (Fsp3) is 0.520. The van der Waals surface area contributed by atoms with E-state index in [2.05, 4.69) is 4.90 Å². The van der Waals surface area contributed by atoms with Gasteiger partial charge in [0.15, 0.2) is 0 Å². The minimum Gasteiger partial charge on any atom is -0.497 e. The van der Waals surface area contributed by atoms with E-state index in [0.717, 1.165) is 24.5 Å². The van der Waals surface area contributed by atoms with Crippen LogP contribution in [0, 0.1) is 5.82 Å². The van der Waals surface area contributed by atoms with Gasteiger partial charge >= 0.3 is 0 Å². The molecule has 0 saturated carbocycles. The van der Waals surface area contributed by atoms with Crippen molar-refractivity contribution in [2.75, 3.05) is 51.3 Å². The predicted octanol–water partition coefficient (Wildman–Crippen LogP) is 2.04. The summed E-state index contributed by atoms with van der Waals surface area (Å²) in [5, 5.41) is 32.8. The Bertz CT molecular complexity index is 919. The second kappa shape index (κ2) is 9.85. The predicted molar refractivity (Wildman–Crippen MR) is 123 cm³/mol. The van der Waals surface area contributed by atoms with Gasteiger partial charge in [0.05, 0.1) is 18.8 Å². The number of nitrogens with zero attached hydrogens (tertiary/aromatic N) is 2. The van der Waals surface area contributed by atoms with Crippen LogP contribution in [0.25, 0.3) is 0 Å². The van der Waals surface area contributed by atoms with Gasteiger partial charge in [0.25, 0.3) is 0 Å². The van der Waals surface area contributed by atoms with Crippen molar-refractivity contribution in [2.24, 2.45) is 0 Å². The average Bonchev–Trinajstić information content (AvgIpc) is 2.82. The van der Waals surface area contributed by atoms with Crippen molar-refractivity contribution >= 4 is 5.69 Å². The van der Waals surface area contributed by atoms with E-state index in [-0.39, 0.29) is 19.0 Å². The molecule has 0 amide bonds. The third-order valence-corrected chi connectivity index (χ3v) is 6.77. The number of halogens is 1. The largest absolute Gasteiger partial charge is 0.497 e. The number of anilines is 1. The van der Waals surface area contributed by atoms with E-state index in [1.807, 2.05) is 29.2 Å². The van der Waals surface area contributed by atoms with Gasteiger partial charge < -0.3 is 29.7 Å². The van der Waals surface area contributed by atoms with Gasteiger partial charge in [-0.25, -0.2) is 4.39 Å². The van der Waals surface area contributed by atoms with E-state index < -0.39 is 17.3 Å². The quantitative estimate of drug-likeness (QED) is 0.583. The lowest BCUT2D eigenvalue weighted by molar-refractivity contribution is -0.149. The molecule has 8 heteroatoms. The summed E-state index contributed by atoms with van der Waals surface area (Å²) in [7, 11) is 1.65. The number of methoxy groups -OCH3 is 1. The van der Waals surface area contributed by atoms with Crippen molar-refractivity contribution in [3.63, 3.8) is 0 Å². The van der Waals surface area contributed by atoms with Gasteiger partial charge in [-0.1, -0.05) is 6.07 Å². The third kappa shape index (κ3) is 5.76. The van der Waals surface area contributed by atoms with Gasteiger partial charge in [0.2, 0.25) is 0 Å². The summed E-state index contributed by atoms with van der Waals surface area (Å²) in [6.07, 6.45) is 0.662. The van der Waals surface area contributed by atoms with Crippen LogP contribution >= 0.6 is 0 Å². The van der Waals surface area contributed by atoms with E-state index in [1.54, 1.807) is 7.11 Å². The highest BCUT2D eigenvalue weighted by molar-refractivity contribution is 5.51. The number of aliphatic hydroxyl groups excluding tert-OH is 1. The van der Waals surface area contributed by atoms with Crippen LogP contribution < -0.4 is 14.4 Å². The Hall–Kier alpha value is -2.39. The Labute approximate surface area is 194 Å². The van der Waals surface area contributed by atoms with Crippen LogP contribution in [0.3, 0.4) is 0 Å². The molecule has 2 aromatic carbocycles. The Kier molecular flexibility index (Phi) is 7.09. The first-order valence-electron chi connectivity index (χ1n) is 11.4. The summed E-state index contributed by atoms with van der Waals surface area (Å²) in [5.74, 6) is 0.871. The highest BCUT2D eigenvalue weighted by atomic mass is 19.1. The fourth-order valence-electron chi connectivity index (χ4n) is 4.72. The van der Waals surface area contributed by atoms with Crippen molar-refractivity contribution in [3.05, 3.63) is 54.3 Å². The average molecular weight is 461 g/mol. The van der Waals surface area contributed by atoms with E-state index >= 15 is 0 Å². The SMILES string of the molecule is COc1cccc(N2CCC(O)(CN3CC[C@H](O)[C@@](O)(COc4ccc(F)cc4)C3)CC2)c1. The van der Waals surface area contributed by atoms with Gasteiger partial charge in [0.1, 0.15) is 29.5 Å². The lowest BCUT2D eigenvalue weighted by Crippen LogP contribution is -2.62. The van der Waals surface area contributed by atoms with E-state index in [4.69, 9.17) is 9.47 Å². The Morgan fingerprint density at radius 2 is 1.76 bits per heavy atom. The highest BCUT2D eigenvalue weighted by Crippen LogP contribution is 2.31. The lowest BCUT2D eigenvalue weighted by atomic mass is 9.86. The number of rotatable bonds is 7. The smallest absolute Gasteiger partial charge is 0.137 e. The summed E-state index contributed by atoms with van der Waals surface area (Å²) in [6.45, 7) is 2.53. The number of benzene rings is 2. The molecule has 7 nitrogen and oxygen atoms in total. The molecule has 33 heavy (non-hydrogen) atoms. The standard InChI is InChI=1S/C25H33FN2O5/c1-32-22-4-2-3-20(15-22)28-13-10-24(30,11-14-28)16-27-12-9-23(29)25(31,17-27)18-33-21-7-5-19(26)6-8-21/h2-8,15,23,29-31H,9-14,16-18H2,1H3/t23-,25-/m0/s1. The van der Waals surface area contributed by atoms with Crippen LogP contribution in [0.4, 0.5) is 10.1 Å². The van der Waals surface area contributed by atoms with E-state index in [1.165, 1.54) is 24.3 Å². The van der Waals surface area contributed by atoms with Gasteiger partial charge in [-0.3, -0.25) is 4.90 Å². The molecule has 2 aliphatic rings. The van der Waals surface area contributed by atoms with E-state index in [9.17, 15) is 19.7 Å². The molecule has 2 fully saturated rings. The molecule has 3 N–H and O–H groups in total. The van der Waals surface area contributed by atoms with Gasteiger partial charge in [-0.15, -0.1) is 0 Å². The number of hydrogen-bond acceptors (Lipinski definition) is 7. The summed E-state index contributed by atoms with van der Waals surface area (Å²) < 4.78 is 24.1. The molecule has 0 aromatic heterocycles. The summed E-state index contributed by atoms with van der Waals surface area (Å²) in [6, 6.07) is 13.5. The van der Waals surface area contributed by atoms with Crippen LogP contribution in [-0.2, 0) is 0 Å². The fourth-order valence-corrected chi connectivity index (χ4v) is 4.72. The van der Waals surface area contributed by atoms with Crippen LogP contribution in [0.2, 0.25) is 0 Å². The monoisotopic (exact) mass is 460 g/mol. The first-order chi connectivity index (χ1) is 15.8. The maximum Gasteiger partial charge on any atom is 0.137 e. The highest BCUT2D eigenvalue weighted by Gasteiger charge is 2.44. The Morgan fingerprint density at radius 1 is 1.03 bits per heavy atom. The second-order valence-corrected chi connectivity index (χ2v) is 9.27. The third-order valence-electron chi connectivity index (χ3n) is 6.77. The molecule has 2 atom stereocenters. The molecular weight excluding hydrogens is 427 g/mol. The van der Waals surface area contributed by atoms with Crippen molar-refractivity contribution in [1.82, 2.24) is 4.90 Å². The lowest BCUT2D eigenvalue weighted by Gasteiger charge is -2.46. The van der Waals surface area contributed by atoms with Gasteiger partial charge in [-0.05, 0) is 55.7 Å².